The lowest BCUT2D eigenvalue weighted by atomic mass is 10.2. The zero-order valence-electron chi connectivity index (χ0n) is 9.39. The van der Waals surface area contributed by atoms with Crippen molar-refractivity contribution in [3.05, 3.63) is 11.8 Å². The molecule has 4 N–H and O–H groups in total. The Morgan fingerprint density at radius 2 is 2.25 bits per heavy atom. The third-order valence-electron chi connectivity index (χ3n) is 1.86. The summed E-state index contributed by atoms with van der Waals surface area (Å²) in [7, 11) is 0. The molecule has 0 unspecified atom stereocenters. The minimum Gasteiger partial charge on any atom is -0.403 e. The van der Waals surface area contributed by atoms with Crippen molar-refractivity contribution < 1.29 is 4.79 Å². The second-order valence-corrected chi connectivity index (χ2v) is 3.19. The molecule has 0 saturated heterocycles. The fourth-order valence-corrected chi connectivity index (χ4v) is 0.955. The molecule has 6 nitrogen and oxygen atoms in total. The van der Waals surface area contributed by atoms with Gasteiger partial charge in [0.2, 0.25) is 0 Å². The molecule has 0 aromatic heterocycles. The molecule has 0 aromatic carbocycles. The van der Waals surface area contributed by atoms with Gasteiger partial charge < -0.3 is 10.7 Å². The molecule has 0 atom stereocenters. The Bertz CT molecular complexity index is 316. The molecule has 16 heavy (non-hydrogen) atoms. The SMILES string of the molecule is CCCCCN(N)C=NC(=O)C(C#N)=CN. The average Bonchev–Trinajstić information content (AvgIpc) is 2.28. The molecule has 0 aliphatic carbocycles. The number of hydrazine groups is 1. The van der Waals surface area contributed by atoms with E-state index in [1.54, 1.807) is 6.07 Å². The molecule has 0 aliphatic heterocycles. The molecule has 0 radical (unpaired) electrons. The molecule has 0 aliphatic rings. The van der Waals surface area contributed by atoms with Gasteiger partial charge in [0.15, 0.2) is 0 Å². The number of rotatable bonds is 6. The summed E-state index contributed by atoms with van der Waals surface area (Å²) in [5, 5.41) is 9.82. The van der Waals surface area contributed by atoms with Crippen molar-refractivity contribution in [2.75, 3.05) is 6.54 Å². The van der Waals surface area contributed by atoms with Gasteiger partial charge in [-0.05, 0) is 6.42 Å². The van der Waals surface area contributed by atoms with Crippen LogP contribution in [-0.4, -0.2) is 23.8 Å². The van der Waals surface area contributed by atoms with E-state index in [1.165, 1.54) is 11.3 Å². The molecule has 0 spiro atoms. The molecule has 0 saturated carbocycles. The molecular weight excluding hydrogens is 206 g/mol. The fourth-order valence-electron chi connectivity index (χ4n) is 0.955. The number of nitrogens with two attached hydrogens (primary N) is 2. The van der Waals surface area contributed by atoms with Gasteiger partial charge in [-0.15, -0.1) is 0 Å². The minimum absolute atomic E-state index is 0.196. The van der Waals surface area contributed by atoms with Crippen molar-refractivity contribution in [3.63, 3.8) is 0 Å². The Kier molecular flexibility index (Phi) is 7.45. The first-order chi connectivity index (χ1) is 7.65. The van der Waals surface area contributed by atoms with Crippen molar-refractivity contribution in [2.24, 2.45) is 16.6 Å². The lowest BCUT2D eigenvalue weighted by Gasteiger charge is -2.10. The highest BCUT2D eigenvalue weighted by Crippen LogP contribution is 1.95. The Hall–Kier alpha value is -1.87. The zero-order valence-corrected chi connectivity index (χ0v) is 9.39. The van der Waals surface area contributed by atoms with Crippen molar-refractivity contribution in [1.29, 1.82) is 5.26 Å². The summed E-state index contributed by atoms with van der Waals surface area (Å²) in [5.41, 5.74) is 4.87. The van der Waals surface area contributed by atoms with E-state index in [1.807, 2.05) is 0 Å². The van der Waals surface area contributed by atoms with E-state index < -0.39 is 5.91 Å². The summed E-state index contributed by atoms with van der Waals surface area (Å²) in [6, 6.07) is 1.64. The standard InChI is InChI=1S/C10H17N5O/c1-2-3-4-5-15(13)8-14-10(16)9(6-11)7-12/h6,8H,2-5,11,13H2,1H3. The largest absolute Gasteiger partial charge is 0.403 e. The monoisotopic (exact) mass is 223 g/mol. The maximum absolute atomic E-state index is 11.2. The number of nitrogens with zero attached hydrogens (tertiary/aromatic N) is 3. The Morgan fingerprint density at radius 1 is 1.56 bits per heavy atom. The third kappa shape index (κ3) is 5.78. The summed E-state index contributed by atoms with van der Waals surface area (Å²) in [6.45, 7) is 2.71. The summed E-state index contributed by atoms with van der Waals surface area (Å²) >= 11 is 0. The summed E-state index contributed by atoms with van der Waals surface area (Å²) in [4.78, 5) is 14.7. The van der Waals surface area contributed by atoms with Crippen LogP contribution in [0.1, 0.15) is 26.2 Å². The number of amides is 1. The van der Waals surface area contributed by atoms with Crippen LogP contribution in [-0.2, 0) is 4.79 Å². The van der Waals surface area contributed by atoms with E-state index >= 15 is 0 Å². The van der Waals surface area contributed by atoms with Crippen LogP contribution < -0.4 is 11.6 Å². The van der Waals surface area contributed by atoms with Crippen LogP contribution in [0, 0.1) is 11.3 Å². The Labute approximate surface area is 95.2 Å². The maximum Gasteiger partial charge on any atom is 0.290 e. The molecule has 1 amide bonds. The van der Waals surface area contributed by atoms with E-state index in [0.717, 1.165) is 25.5 Å². The second-order valence-electron chi connectivity index (χ2n) is 3.19. The highest BCUT2D eigenvalue weighted by atomic mass is 16.1. The van der Waals surface area contributed by atoms with Gasteiger partial charge in [0, 0.05) is 12.7 Å². The van der Waals surface area contributed by atoms with Gasteiger partial charge in [-0.25, -0.2) is 5.84 Å². The Morgan fingerprint density at radius 3 is 2.75 bits per heavy atom. The van der Waals surface area contributed by atoms with E-state index in [-0.39, 0.29) is 5.57 Å². The van der Waals surface area contributed by atoms with E-state index in [4.69, 9.17) is 16.8 Å². The molecule has 88 valence electrons. The number of hydrogen-bond acceptors (Lipinski definition) is 4. The lowest BCUT2D eigenvalue weighted by molar-refractivity contribution is -0.114. The van der Waals surface area contributed by atoms with Crippen LogP contribution in [0.15, 0.2) is 16.8 Å². The number of aliphatic imine (C=N–C) groups is 1. The second kappa shape index (κ2) is 8.44. The molecule has 0 rings (SSSR count). The van der Waals surface area contributed by atoms with Crippen LogP contribution in [0.2, 0.25) is 0 Å². The molecule has 6 heteroatoms. The van der Waals surface area contributed by atoms with Gasteiger partial charge in [0.1, 0.15) is 18.0 Å². The van der Waals surface area contributed by atoms with Gasteiger partial charge >= 0.3 is 0 Å². The highest BCUT2D eigenvalue weighted by molar-refractivity contribution is 6.01. The lowest BCUT2D eigenvalue weighted by Crippen LogP contribution is -2.30. The van der Waals surface area contributed by atoms with Crippen LogP contribution in [0.3, 0.4) is 0 Å². The van der Waals surface area contributed by atoms with Gasteiger partial charge in [0.05, 0.1) is 0 Å². The number of unbranched alkanes of at least 4 members (excludes halogenated alkanes) is 2. The van der Waals surface area contributed by atoms with E-state index in [9.17, 15) is 4.79 Å². The number of carbonyl (C=O) groups is 1. The van der Waals surface area contributed by atoms with Gasteiger partial charge in [-0.3, -0.25) is 4.79 Å². The number of nitriles is 1. The van der Waals surface area contributed by atoms with Gasteiger partial charge in [-0.2, -0.15) is 10.3 Å². The highest BCUT2D eigenvalue weighted by Gasteiger charge is 2.05. The third-order valence-corrected chi connectivity index (χ3v) is 1.86. The predicted octanol–water partition coefficient (Wildman–Crippen LogP) is 0.273. The van der Waals surface area contributed by atoms with Gasteiger partial charge in [-0.1, -0.05) is 19.8 Å². The number of carbonyl (C=O) groups excluding carboxylic acids is 1. The molecular formula is C10H17N5O. The molecule has 0 bridgehead atoms. The summed E-state index contributed by atoms with van der Waals surface area (Å²) < 4.78 is 0. The predicted molar refractivity (Wildman–Crippen MR) is 61.8 cm³/mol. The van der Waals surface area contributed by atoms with Crippen molar-refractivity contribution in [1.82, 2.24) is 5.01 Å². The van der Waals surface area contributed by atoms with Crippen LogP contribution in [0.4, 0.5) is 0 Å². The molecule has 0 fully saturated rings. The first-order valence-corrected chi connectivity index (χ1v) is 5.07. The van der Waals surface area contributed by atoms with E-state index in [2.05, 4.69) is 11.9 Å². The van der Waals surface area contributed by atoms with E-state index in [0.29, 0.717) is 6.54 Å². The van der Waals surface area contributed by atoms with Crippen molar-refractivity contribution in [3.8, 4) is 6.07 Å². The zero-order chi connectivity index (χ0) is 12.4. The summed E-state index contributed by atoms with van der Waals surface area (Å²) in [6.07, 6.45) is 5.24. The van der Waals surface area contributed by atoms with Crippen molar-refractivity contribution >= 4 is 12.2 Å². The first-order valence-electron chi connectivity index (χ1n) is 5.07. The first kappa shape index (κ1) is 14.1. The topological polar surface area (TPSA) is 108 Å². The summed E-state index contributed by atoms with van der Waals surface area (Å²) in [5.74, 6) is 4.86. The minimum atomic E-state index is -0.684. The van der Waals surface area contributed by atoms with Gasteiger partial charge in [0.25, 0.3) is 5.91 Å². The smallest absolute Gasteiger partial charge is 0.290 e. The number of hydrogen-bond donors (Lipinski definition) is 2. The molecule has 0 aromatic rings. The fraction of sp³-hybridized carbons (Fsp3) is 0.500. The van der Waals surface area contributed by atoms with Crippen LogP contribution in [0.5, 0.6) is 0 Å². The normalized spacial score (nSPS) is 11.4. The Balaban J connectivity index is 4.08. The average molecular weight is 223 g/mol. The van der Waals surface area contributed by atoms with Crippen LogP contribution in [0.25, 0.3) is 0 Å². The molecule has 0 heterocycles. The quantitative estimate of drug-likeness (QED) is 0.128. The maximum atomic E-state index is 11.2. The van der Waals surface area contributed by atoms with Crippen molar-refractivity contribution in [2.45, 2.75) is 26.2 Å². The van der Waals surface area contributed by atoms with Crippen LogP contribution >= 0.6 is 0 Å².